The van der Waals surface area contributed by atoms with Crippen LogP contribution in [0.1, 0.15) is 0 Å². The average molecular weight is 689 g/mol. The van der Waals surface area contributed by atoms with E-state index in [0.717, 1.165) is 22.3 Å². The summed E-state index contributed by atoms with van der Waals surface area (Å²) in [6, 6.07) is 86.8. The SMILES string of the molecule is c1cccccc(-c2ccc(-c3ccccc3)c(-c3ccccc3)c2)c2ccccc2c(-c2ccc(-c3ccccc3)c(-c3ccccc3)c2)cccc1. The van der Waals surface area contributed by atoms with E-state index in [0.29, 0.717) is 0 Å². The third-order valence-electron chi connectivity index (χ3n) is 9.81. The Morgan fingerprint density at radius 3 is 0.759 bits per heavy atom. The normalized spacial score (nSPS) is 10.6. The average Bonchev–Trinajstić information content (AvgIpc) is 3.25. The fourth-order valence-corrected chi connectivity index (χ4v) is 7.20. The molecule has 0 spiro atoms. The van der Waals surface area contributed by atoms with Gasteiger partial charge < -0.3 is 0 Å². The minimum absolute atomic E-state index is 1.15. The third-order valence-corrected chi connectivity index (χ3v) is 9.81. The van der Waals surface area contributed by atoms with Crippen LogP contribution in [0.25, 0.3) is 77.5 Å². The summed E-state index contributed by atoms with van der Waals surface area (Å²) in [7, 11) is 0. The van der Waals surface area contributed by atoms with Crippen molar-refractivity contribution in [2.45, 2.75) is 0 Å². The minimum atomic E-state index is 1.15. The summed E-state index contributed by atoms with van der Waals surface area (Å²) >= 11 is 0. The summed E-state index contributed by atoms with van der Waals surface area (Å²) in [4.78, 5) is 0. The highest BCUT2D eigenvalue weighted by Crippen LogP contribution is 2.40. The molecule has 256 valence electrons. The molecule has 8 rings (SSSR count). The minimum Gasteiger partial charge on any atom is -0.0623 e. The summed E-state index contributed by atoms with van der Waals surface area (Å²) in [6.07, 6.45) is 0. The van der Waals surface area contributed by atoms with Crippen LogP contribution in [0.3, 0.4) is 0 Å². The third kappa shape index (κ3) is 7.60. The Morgan fingerprint density at radius 1 is 0.148 bits per heavy atom. The summed E-state index contributed by atoms with van der Waals surface area (Å²) in [6.45, 7) is 0. The maximum atomic E-state index is 2.36. The van der Waals surface area contributed by atoms with Crippen LogP contribution in [-0.2, 0) is 0 Å². The lowest BCUT2D eigenvalue weighted by Crippen LogP contribution is -1.89. The van der Waals surface area contributed by atoms with Crippen molar-refractivity contribution in [2.24, 2.45) is 0 Å². The lowest BCUT2D eigenvalue weighted by molar-refractivity contribution is 1.57. The van der Waals surface area contributed by atoms with Gasteiger partial charge in [-0.05, 0) is 89.7 Å². The molecule has 0 aliphatic rings. The van der Waals surface area contributed by atoms with E-state index in [2.05, 4.69) is 243 Å². The predicted molar refractivity (Wildman–Crippen MR) is 232 cm³/mol. The van der Waals surface area contributed by atoms with Gasteiger partial charge in [0.05, 0.1) is 0 Å². The van der Waals surface area contributed by atoms with Gasteiger partial charge in [0.2, 0.25) is 0 Å². The molecule has 0 bridgehead atoms. The molecule has 0 saturated heterocycles. The molecule has 0 amide bonds. The zero-order valence-electron chi connectivity index (χ0n) is 30.1. The first kappa shape index (κ1) is 34.1. The van der Waals surface area contributed by atoms with Crippen molar-refractivity contribution in [2.75, 3.05) is 0 Å². The van der Waals surface area contributed by atoms with Crippen LogP contribution in [0.2, 0.25) is 0 Å². The zero-order chi connectivity index (χ0) is 36.4. The highest BCUT2D eigenvalue weighted by molar-refractivity contribution is 6.04. The molecule has 0 saturated carbocycles. The molecular formula is C54H40. The van der Waals surface area contributed by atoms with E-state index in [4.69, 9.17) is 0 Å². The highest BCUT2D eigenvalue weighted by Gasteiger charge is 2.14. The molecule has 0 N–H and O–H groups in total. The molecule has 0 atom stereocenters. The van der Waals surface area contributed by atoms with E-state index in [1.165, 1.54) is 55.3 Å². The predicted octanol–water partition coefficient (Wildman–Crippen LogP) is 15.1. The van der Waals surface area contributed by atoms with Crippen molar-refractivity contribution in [1.29, 1.82) is 0 Å². The van der Waals surface area contributed by atoms with E-state index < -0.39 is 0 Å². The lowest BCUT2D eigenvalue weighted by Gasteiger charge is -2.15. The lowest BCUT2D eigenvalue weighted by atomic mass is 9.88. The largest absolute Gasteiger partial charge is 0.0623 e. The number of rotatable bonds is 6. The van der Waals surface area contributed by atoms with Crippen LogP contribution in [-0.4, -0.2) is 0 Å². The molecule has 0 heteroatoms. The van der Waals surface area contributed by atoms with Crippen molar-refractivity contribution in [3.63, 3.8) is 0 Å². The van der Waals surface area contributed by atoms with Crippen molar-refractivity contribution < 1.29 is 0 Å². The fraction of sp³-hybridized carbons (Fsp3) is 0. The smallest absolute Gasteiger partial charge is 0.00992 e. The van der Waals surface area contributed by atoms with E-state index in [-0.39, 0.29) is 0 Å². The summed E-state index contributed by atoms with van der Waals surface area (Å²) < 4.78 is 0. The number of fused-ring (bicyclic) bond motifs is 1. The molecule has 0 aliphatic carbocycles. The maximum Gasteiger partial charge on any atom is -0.00992 e. The van der Waals surface area contributed by atoms with E-state index >= 15 is 0 Å². The number of hydrogen-bond acceptors (Lipinski definition) is 0. The van der Waals surface area contributed by atoms with Crippen LogP contribution in [0.5, 0.6) is 0 Å². The summed E-state index contributed by atoms with van der Waals surface area (Å²) in [5.74, 6) is 0. The second-order valence-electron chi connectivity index (χ2n) is 13.2. The van der Waals surface area contributed by atoms with Crippen LogP contribution in [0, 0.1) is 0 Å². The van der Waals surface area contributed by atoms with Gasteiger partial charge >= 0.3 is 0 Å². The molecule has 0 aromatic heterocycles. The Labute approximate surface area is 319 Å². The van der Waals surface area contributed by atoms with Gasteiger partial charge in [-0.15, -0.1) is 0 Å². The summed E-state index contributed by atoms with van der Waals surface area (Å²) in [5.41, 5.74) is 14.2. The summed E-state index contributed by atoms with van der Waals surface area (Å²) in [5, 5.41) is 2.33. The van der Waals surface area contributed by atoms with Gasteiger partial charge in [-0.3, -0.25) is 0 Å². The van der Waals surface area contributed by atoms with Crippen molar-refractivity contribution in [3.05, 3.63) is 243 Å². The second-order valence-corrected chi connectivity index (χ2v) is 13.2. The Kier molecular flexibility index (Phi) is 10.4. The first-order valence-electron chi connectivity index (χ1n) is 18.5. The Hall–Kier alpha value is -7.02. The molecule has 0 fully saturated rings. The van der Waals surface area contributed by atoms with Gasteiger partial charge in [0.25, 0.3) is 0 Å². The van der Waals surface area contributed by atoms with E-state index in [9.17, 15) is 0 Å². The Balaban J connectivity index is 1.42. The first-order chi connectivity index (χ1) is 26.8. The maximum absolute atomic E-state index is 2.36. The topological polar surface area (TPSA) is 0 Å². The van der Waals surface area contributed by atoms with Gasteiger partial charge in [0.1, 0.15) is 0 Å². The van der Waals surface area contributed by atoms with Gasteiger partial charge in [-0.1, -0.05) is 231 Å². The molecule has 0 nitrogen and oxygen atoms in total. The highest BCUT2D eigenvalue weighted by atomic mass is 14.2. The second kappa shape index (κ2) is 16.5. The first-order valence-corrected chi connectivity index (χ1v) is 18.5. The van der Waals surface area contributed by atoms with E-state index in [1.54, 1.807) is 0 Å². The van der Waals surface area contributed by atoms with Crippen molar-refractivity contribution in [1.82, 2.24) is 0 Å². The Morgan fingerprint density at radius 2 is 0.407 bits per heavy atom. The van der Waals surface area contributed by atoms with Crippen molar-refractivity contribution in [3.8, 4) is 66.8 Å². The standard InChI is InChI=1S/C54H40/c1-2-4-6-20-32-48(46-36-38-50(42-25-13-8-14-26-42)54(40-46)44-29-17-10-18-30-44)52-34-22-21-33-51(52)47(31-19-5-3-1)45-35-37-49(41-23-11-7-12-24-41)53(39-45)43-27-15-9-16-28-43/h1-40H. The molecule has 0 aliphatic heterocycles. The van der Waals surface area contributed by atoms with Crippen LogP contribution >= 0.6 is 0 Å². The monoisotopic (exact) mass is 688 g/mol. The number of benzene rings is 7. The zero-order valence-corrected chi connectivity index (χ0v) is 30.1. The van der Waals surface area contributed by atoms with Gasteiger partial charge in [-0.25, -0.2) is 0 Å². The molecule has 0 unspecified atom stereocenters. The van der Waals surface area contributed by atoms with Gasteiger partial charge in [0.15, 0.2) is 0 Å². The van der Waals surface area contributed by atoms with Crippen LogP contribution < -0.4 is 0 Å². The fourth-order valence-electron chi connectivity index (χ4n) is 7.20. The molecule has 0 radical (unpaired) electrons. The van der Waals surface area contributed by atoms with Crippen molar-refractivity contribution >= 4 is 10.8 Å². The molecule has 0 heterocycles. The molecule has 8 aromatic carbocycles. The van der Waals surface area contributed by atoms with Crippen LogP contribution in [0.4, 0.5) is 0 Å². The van der Waals surface area contributed by atoms with E-state index in [1.807, 2.05) is 0 Å². The van der Waals surface area contributed by atoms with Crippen LogP contribution in [0.15, 0.2) is 243 Å². The van der Waals surface area contributed by atoms with Gasteiger partial charge in [0, 0.05) is 0 Å². The molecule has 8 aromatic rings. The van der Waals surface area contributed by atoms with Gasteiger partial charge in [-0.2, -0.15) is 0 Å². The Bertz CT molecular complexity index is 2440. The number of hydrogen-bond donors (Lipinski definition) is 0. The molecular weight excluding hydrogens is 649 g/mol. The molecule has 54 heavy (non-hydrogen) atoms. The quantitative estimate of drug-likeness (QED) is 0.163.